The highest BCUT2D eigenvalue weighted by atomic mass is 32.2. The van der Waals surface area contributed by atoms with Gasteiger partial charge < -0.3 is 5.32 Å². The van der Waals surface area contributed by atoms with Crippen molar-refractivity contribution in [3.8, 4) is 0 Å². The van der Waals surface area contributed by atoms with Crippen LogP contribution in [0.1, 0.15) is 47.0 Å². The van der Waals surface area contributed by atoms with Crippen LogP contribution in [0.2, 0.25) is 0 Å². The van der Waals surface area contributed by atoms with Gasteiger partial charge in [-0.05, 0) is 37.1 Å². The first-order valence-corrected chi connectivity index (χ1v) is 9.06. The molecule has 2 nitrogen and oxygen atoms in total. The SMILES string of the molecule is CCNC1CCC(C(C)(C)C)CC1Sc1nccs1. The quantitative estimate of drug-likeness (QED) is 0.890. The monoisotopic (exact) mass is 298 g/mol. The molecule has 1 aromatic heterocycles. The fourth-order valence-corrected chi connectivity index (χ4v) is 5.17. The smallest absolute Gasteiger partial charge is 0.150 e. The molecule has 0 aliphatic heterocycles. The average Bonchev–Trinajstić information content (AvgIpc) is 2.83. The predicted molar refractivity (Wildman–Crippen MR) is 86.0 cm³/mol. The molecule has 0 amide bonds. The predicted octanol–water partition coefficient (Wildman–Crippen LogP) is 4.43. The highest BCUT2D eigenvalue weighted by Gasteiger charge is 2.36. The van der Waals surface area contributed by atoms with Gasteiger partial charge in [-0.2, -0.15) is 0 Å². The Labute approximate surface area is 125 Å². The van der Waals surface area contributed by atoms with E-state index in [2.05, 4.69) is 43.4 Å². The Morgan fingerprint density at radius 3 is 2.79 bits per heavy atom. The number of nitrogens with one attached hydrogen (secondary N) is 1. The minimum absolute atomic E-state index is 0.429. The second kappa shape index (κ2) is 6.59. The summed E-state index contributed by atoms with van der Waals surface area (Å²) in [4.78, 5) is 4.45. The summed E-state index contributed by atoms with van der Waals surface area (Å²) in [6.45, 7) is 10.4. The second-order valence-corrected chi connectivity index (χ2v) is 8.88. The largest absolute Gasteiger partial charge is 0.313 e. The van der Waals surface area contributed by atoms with E-state index in [1.807, 2.05) is 18.0 Å². The number of aromatic nitrogens is 1. The van der Waals surface area contributed by atoms with Crippen molar-refractivity contribution in [2.45, 2.75) is 62.6 Å². The van der Waals surface area contributed by atoms with Crippen molar-refractivity contribution in [2.24, 2.45) is 11.3 Å². The third-order valence-corrected chi connectivity index (χ3v) is 6.42. The molecule has 0 aromatic carbocycles. The first-order chi connectivity index (χ1) is 9.00. The number of thiazole rings is 1. The molecule has 1 aliphatic carbocycles. The van der Waals surface area contributed by atoms with Crippen molar-refractivity contribution in [1.82, 2.24) is 10.3 Å². The van der Waals surface area contributed by atoms with Gasteiger partial charge in [-0.15, -0.1) is 11.3 Å². The van der Waals surface area contributed by atoms with E-state index in [1.165, 1.54) is 23.6 Å². The molecule has 19 heavy (non-hydrogen) atoms. The molecule has 3 unspecified atom stereocenters. The van der Waals surface area contributed by atoms with E-state index in [9.17, 15) is 0 Å². The van der Waals surface area contributed by atoms with Gasteiger partial charge in [-0.3, -0.25) is 0 Å². The van der Waals surface area contributed by atoms with E-state index < -0.39 is 0 Å². The third-order valence-electron chi connectivity index (χ3n) is 4.14. The molecule has 1 heterocycles. The van der Waals surface area contributed by atoms with Crippen LogP contribution in [0.3, 0.4) is 0 Å². The van der Waals surface area contributed by atoms with Crippen LogP contribution >= 0.6 is 23.1 Å². The maximum absolute atomic E-state index is 4.45. The molecule has 4 heteroatoms. The van der Waals surface area contributed by atoms with Gasteiger partial charge in [-0.25, -0.2) is 4.98 Å². The summed E-state index contributed by atoms with van der Waals surface area (Å²) in [7, 11) is 0. The van der Waals surface area contributed by atoms with E-state index in [-0.39, 0.29) is 0 Å². The lowest BCUT2D eigenvalue weighted by atomic mass is 9.71. The van der Waals surface area contributed by atoms with Gasteiger partial charge in [-0.1, -0.05) is 39.5 Å². The maximum atomic E-state index is 4.45. The second-order valence-electron chi connectivity index (χ2n) is 6.49. The van der Waals surface area contributed by atoms with Crippen molar-refractivity contribution < 1.29 is 0 Å². The zero-order chi connectivity index (χ0) is 13.9. The number of thioether (sulfide) groups is 1. The van der Waals surface area contributed by atoms with E-state index in [1.54, 1.807) is 11.3 Å². The maximum Gasteiger partial charge on any atom is 0.150 e. The molecule has 0 bridgehead atoms. The van der Waals surface area contributed by atoms with Crippen molar-refractivity contribution in [1.29, 1.82) is 0 Å². The highest BCUT2D eigenvalue weighted by molar-refractivity contribution is 8.01. The Morgan fingerprint density at radius 2 is 2.21 bits per heavy atom. The Bertz CT molecular complexity index is 370. The molecule has 1 aliphatic rings. The van der Waals surface area contributed by atoms with E-state index in [0.29, 0.717) is 16.7 Å². The summed E-state index contributed by atoms with van der Waals surface area (Å²) >= 11 is 3.75. The minimum atomic E-state index is 0.429. The standard InChI is InChI=1S/C15H26N2S2/c1-5-16-12-7-6-11(15(2,3)4)10-13(12)19-14-17-8-9-18-14/h8-9,11-13,16H,5-7,10H2,1-4H3. The van der Waals surface area contributed by atoms with Crippen LogP contribution in [-0.4, -0.2) is 22.8 Å². The molecule has 108 valence electrons. The summed E-state index contributed by atoms with van der Waals surface area (Å²) in [5.74, 6) is 0.833. The first kappa shape index (κ1) is 15.3. The van der Waals surface area contributed by atoms with Gasteiger partial charge in [0.15, 0.2) is 0 Å². The lowest BCUT2D eigenvalue weighted by molar-refractivity contribution is 0.165. The molecule has 0 spiro atoms. The van der Waals surface area contributed by atoms with Crippen molar-refractivity contribution in [2.75, 3.05) is 6.54 Å². The Hall–Kier alpha value is -0.0600. The van der Waals surface area contributed by atoms with Gasteiger partial charge in [0.05, 0.1) is 0 Å². The van der Waals surface area contributed by atoms with Crippen LogP contribution in [0.25, 0.3) is 0 Å². The van der Waals surface area contributed by atoms with Crippen LogP contribution in [-0.2, 0) is 0 Å². The molecule has 0 saturated heterocycles. The van der Waals surface area contributed by atoms with E-state index >= 15 is 0 Å². The summed E-state index contributed by atoms with van der Waals surface area (Å²) in [5, 5.41) is 6.42. The summed E-state index contributed by atoms with van der Waals surface area (Å²) < 4.78 is 1.22. The summed E-state index contributed by atoms with van der Waals surface area (Å²) in [5.41, 5.74) is 0.429. The topological polar surface area (TPSA) is 24.9 Å². The third kappa shape index (κ3) is 4.20. The Morgan fingerprint density at radius 1 is 1.42 bits per heavy atom. The fraction of sp³-hybridized carbons (Fsp3) is 0.800. The average molecular weight is 299 g/mol. The molecule has 0 radical (unpaired) electrons. The number of hydrogen-bond donors (Lipinski definition) is 1. The molecule has 1 saturated carbocycles. The van der Waals surface area contributed by atoms with Crippen LogP contribution in [0, 0.1) is 11.3 Å². The normalized spacial score (nSPS) is 28.5. The van der Waals surface area contributed by atoms with Crippen LogP contribution in [0.4, 0.5) is 0 Å². The number of nitrogens with zero attached hydrogens (tertiary/aromatic N) is 1. The number of rotatable bonds is 4. The molecule has 1 fully saturated rings. The molecular weight excluding hydrogens is 272 g/mol. The van der Waals surface area contributed by atoms with Crippen LogP contribution in [0.15, 0.2) is 15.9 Å². The lowest BCUT2D eigenvalue weighted by Gasteiger charge is -2.41. The number of hydrogen-bond acceptors (Lipinski definition) is 4. The zero-order valence-corrected chi connectivity index (χ0v) is 14.1. The molecule has 1 N–H and O–H groups in total. The Kier molecular flexibility index (Phi) is 5.32. The van der Waals surface area contributed by atoms with Crippen molar-refractivity contribution in [3.05, 3.63) is 11.6 Å². The fourth-order valence-electron chi connectivity index (χ4n) is 2.94. The first-order valence-electron chi connectivity index (χ1n) is 7.30. The van der Waals surface area contributed by atoms with Gasteiger partial charge in [0.25, 0.3) is 0 Å². The molecular formula is C15H26N2S2. The molecule has 1 aromatic rings. The van der Waals surface area contributed by atoms with Gasteiger partial charge in [0.2, 0.25) is 0 Å². The van der Waals surface area contributed by atoms with Crippen molar-refractivity contribution >= 4 is 23.1 Å². The van der Waals surface area contributed by atoms with Gasteiger partial charge in [0.1, 0.15) is 4.34 Å². The van der Waals surface area contributed by atoms with Gasteiger partial charge in [0, 0.05) is 22.9 Å². The van der Waals surface area contributed by atoms with E-state index in [4.69, 9.17) is 0 Å². The zero-order valence-electron chi connectivity index (χ0n) is 12.5. The molecule has 3 atom stereocenters. The lowest BCUT2D eigenvalue weighted by Crippen LogP contribution is -2.44. The van der Waals surface area contributed by atoms with Crippen LogP contribution in [0.5, 0.6) is 0 Å². The van der Waals surface area contributed by atoms with Gasteiger partial charge >= 0.3 is 0 Å². The summed E-state index contributed by atoms with van der Waals surface area (Å²) in [6, 6.07) is 0.650. The highest BCUT2D eigenvalue weighted by Crippen LogP contribution is 2.43. The van der Waals surface area contributed by atoms with E-state index in [0.717, 1.165) is 12.5 Å². The van der Waals surface area contributed by atoms with Crippen LogP contribution < -0.4 is 5.32 Å². The summed E-state index contributed by atoms with van der Waals surface area (Å²) in [6.07, 6.45) is 5.89. The Balaban J connectivity index is 2.04. The van der Waals surface area contributed by atoms with Crippen molar-refractivity contribution in [3.63, 3.8) is 0 Å². The molecule has 2 rings (SSSR count). The minimum Gasteiger partial charge on any atom is -0.313 e.